The van der Waals surface area contributed by atoms with Crippen LogP contribution in [0.2, 0.25) is 10.0 Å². The lowest BCUT2D eigenvalue weighted by atomic mass is 9.75. The van der Waals surface area contributed by atoms with Crippen LogP contribution in [0, 0.1) is 20.2 Å². The number of ether oxygens (including phenoxy) is 1. The number of benzene rings is 2. The SMILES string of the molecule is COC(=O)C(C)(c1cc([N+](=O)[O-])ccc1Cl)c1cc(Cl)ccc1[N+](=O)[O-]. The molecule has 2 rings (SSSR count). The highest BCUT2D eigenvalue weighted by Gasteiger charge is 2.45. The second kappa shape index (κ2) is 7.27. The van der Waals surface area contributed by atoms with Crippen LogP contribution < -0.4 is 0 Å². The highest BCUT2D eigenvalue weighted by Crippen LogP contribution is 2.43. The zero-order valence-electron chi connectivity index (χ0n) is 13.6. The number of esters is 1. The third kappa shape index (κ3) is 3.33. The van der Waals surface area contributed by atoms with Gasteiger partial charge in [-0.1, -0.05) is 23.2 Å². The number of methoxy groups -OCH3 is 1. The molecule has 0 saturated carbocycles. The third-order valence-corrected chi connectivity index (χ3v) is 4.55. The maximum absolute atomic E-state index is 12.6. The molecule has 1 unspecified atom stereocenters. The van der Waals surface area contributed by atoms with Gasteiger partial charge in [-0.3, -0.25) is 25.0 Å². The summed E-state index contributed by atoms with van der Waals surface area (Å²) in [6.45, 7) is 1.34. The lowest BCUT2D eigenvalue weighted by molar-refractivity contribution is -0.386. The molecule has 0 saturated heterocycles. The maximum Gasteiger partial charge on any atom is 0.320 e. The normalized spacial score (nSPS) is 12.9. The van der Waals surface area contributed by atoms with Gasteiger partial charge in [-0.2, -0.15) is 0 Å². The number of nitrogens with zero attached hydrogens (tertiary/aromatic N) is 2. The van der Waals surface area contributed by atoms with E-state index in [9.17, 15) is 25.0 Å². The van der Waals surface area contributed by atoms with E-state index in [1.807, 2.05) is 0 Å². The Labute approximate surface area is 157 Å². The minimum absolute atomic E-state index is 0.00872. The molecule has 26 heavy (non-hydrogen) atoms. The molecule has 0 amide bonds. The summed E-state index contributed by atoms with van der Waals surface area (Å²) in [7, 11) is 1.10. The molecule has 0 aliphatic carbocycles. The number of carbonyl (C=O) groups is 1. The van der Waals surface area contributed by atoms with Gasteiger partial charge in [0.25, 0.3) is 11.4 Å². The van der Waals surface area contributed by atoms with Crippen molar-refractivity contribution < 1.29 is 19.4 Å². The summed E-state index contributed by atoms with van der Waals surface area (Å²) in [5, 5.41) is 22.7. The largest absolute Gasteiger partial charge is 0.468 e. The van der Waals surface area contributed by atoms with Crippen LogP contribution >= 0.6 is 23.2 Å². The van der Waals surface area contributed by atoms with Gasteiger partial charge < -0.3 is 4.74 Å². The van der Waals surface area contributed by atoms with E-state index in [4.69, 9.17) is 27.9 Å². The van der Waals surface area contributed by atoms with Gasteiger partial charge in [-0.25, -0.2) is 0 Å². The second-order valence-corrected chi connectivity index (χ2v) is 6.30. The molecular formula is C16H12Cl2N2O6. The Hall–Kier alpha value is -2.71. The maximum atomic E-state index is 12.6. The molecular weight excluding hydrogens is 387 g/mol. The van der Waals surface area contributed by atoms with Crippen molar-refractivity contribution in [3.63, 3.8) is 0 Å². The van der Waals surface area contributed by atoms with E-state index in [-0.39, 0.29) is 26.9 Å². The first-order valence-corrected chi connectivity index (χ1v) is 7.85. The predicted octanol–water partition coefficient (Wildman–Crippen LogP) is 4.29. The fraction of sp³-hybridized carbons (Fsp3) is 0.188. The molecule has 2 aromatic rings. The van der Waals surface area contributed by atoms with E-state index in [0.29, 0.717) is 0 Å². The molecule has 0 aliphatic heterocycles. The standard InChI is InChI=1S/C16H12Cl2N2O6/c1-16(15(21)26-2,11-8-10(19(22)23)4-5-13(11)18)12-7-9(17)3-6-14(12)20(24)25/h3-8H,1-2H3. The zero-order chi connectivity index (χ0) is 19.6. The van der Waals surface area contributed by atoms with Crippen molar-refractivity contribution in [3.05, 3.63) is 77.8 Å². The first kappa shape index (κ1) is 19.6. The van der Waals surface area contributed by atoms with Crippen molar-refractivity contribution in [2.45, 2.75) is 12.3 Å². The Morgan fingerprint density at radius 2 is 1.69 bits per heavy atom. The molecule has 0 radical (unpaired) electrons. The Morgan fingerprint density at radius 1 is 1.04 bits per heavy atom. The number of hydrogen-bond acceptors (Lipinski definition) is 6. The van der Waals surface area contributed by atoms with Crippen LogP contribution in [0.3, 0.4) is 0 Å². The molecule has 0 N–H and O–H groups in total. The van der Waals surface area contributed by atoms with Gasteiger partial charge in [0, 0.05) is 28.2 Å². The van der Waals surface area contributed by atoms with Gasteiger partial charge in [0.1, 0.15) is 5.41 Å². The quantitative estimate of drug-likeness (QED) is 0.421. The van der Waals surface area contributed by atoms with Gasteiger partial charge in [0.2, 0.25) is 0 Å². The van der Waals surface area contributed by atoms with E-state index in [1.165, 1.54) is 25.1 Å². The van der Waals surface area contributed by atoms with Crippen molar-refractivity contribution >= 4 is 40.5 Å². The minimum atomic E-state index is -1.80. The molecule has 1 atom stereocenters. The summed E-state index contributed by atoms with van der Waals surface area (Å²) in [6.07, 6.45) is 0. The predicted molar refractivity (Wildman–Crippen MR) is 94.7 cm³/mol. The first-order chi connectivity index (χ1) is 12.1. The first-order valence-electron chi connectivity index (χ1n) is 7.10. The molecule has 136 valence electrons. The number of halogens is 2. The Balaban J connectivity index is 2.91. The highest BCUT2D eigenvalue weighted by atomic mass is 35.5. The Bertz CT molecular complexity index is 918. The van der Waals surface area contributed by atoms with E-state index in [0.717, 1.165) is 25.3 Å². The number of rotatable bonds is 5. The monoisotopic (exact) mass is 398 g/mol. The fourth-order valence-corrected chi connectivity index (χ4v) is 3.13. The van der Waals surface area contributed by atoms with Crippen molar-refractivity contribution in [2.75, 3.05) is 7.11 Å². The van der Waals surface area contributed by atoms with Gasteiger partial charge in [-0.15, -0.1) is 0 Å². The fourth-order valence-electron chi connectivity index (χ4n) is 2.65. The van der Waals surface area contributed by atoms with Gasteiger partial charge in [0.15, 0.2) is 0 Å². The number of hydrogen-bond donors (Lipinski definition) is 0. The zero-order valence-corrected chi connectivity index (χ0v) is 15.1. The molecule has 0 aliphatic rings. The number of nitro benzene ring substituents is 2. The molecule has 0 bridgehead atoms. The van der Waals surface area contributed by atoms with Crippen LogP contribution in [-0.4, -0.2) is 22.9 Å². The molecule has 0 fully saturated rings. The highest BCUT2D eigenvalue weighted by molar-refractivity contribution is 6.32. The van der Waals surface area contributed by atoms with Crippen LogP contribution in [0.4, 0.5) is 11.4 Å². The summed E-state index contributed by atoms with van der Waals surface area (Å²) < 4.78 is 4.82. The minimum Gasteiger partial charge on any atom is -0.468 e. The summed E-state index contributed by atoms with van der Waals surface area (Å²) in [5.74, 6) is -0.884. The Kier molecular flexibility index (Phi) is 5.48. The lowest BCUT2D eigenvalue weighted by Gasteiger charge is -2.28. The topological polar surface area (TPSA) is 113 Å². The Morgan fingerprint density at radius 3 is 2.23 bits per heavy atom. The third-order valence-electron chi connectivity index (χ3n) is 3.99. The molecule has 10 heteroatoms. The van der Waals surface area contributed by atoms with Crippen molar-refractivity contribution in [1.82, 2.24) is 0 Å². The van der Waals surface area contributed by atoms with Crippen molar-refractivity contribution in [1.29, 1.82) is 0 Å². The van der Waals surface area contributed by atoms with E-state index in [1.54, 1.807) is 0 Å². The lowest BCUT2D eigenvalue weighted by Crippen LogP contribution is -2.36. The average Bonchev–Trinajstić information content (AvgIpc) is 2.60. The number of non-ortho nitro benzene ring substituents is 1. The summed E-state index contributed by atoms with van der Waals surface area (Å²) in [6, 6.07) is 7.18. The summed E-state index contributed by atoms with van der Waals surface area (Å²) in [4.78, 5) is 33.9. The van der Waals surface area contributed by atoms with Crippen LogP contribution in [-0.2, 0) is 14.9 Å². The smallest absolute Gasteiger partial charge is 0.320 e. The van der Waals surface area contributed by atoms with Crippen molar-refractivity contribution in [3.8, 4) is 0 Å². The molecule has 2 aromatic carbocycles. The van der Waals surface area contributed by atoms with E-state index < -0.39 is 26.9 Å². The van der Waals surface area contributed by atoms with Crippen LogP contribution in [0.5, 0.6) is 0 Å². The van der Waals surface area contributed by atoms with Crippen LogP contribution in [0.1, 0.15) is 18.1 Å². The molecule has 0 spiro atoms. The van der Waals surface area contributed by atoms with Gasteiger partial charge in [0.05, 0.1) is 22.5 Å². The van der Waals surface area contributed by atoms with Gasteiger partial charge >= 0.3 is 5.97 Å². The summed E-state index contributed by atoms with van der Waals surface area (Å²) in [5.41, 5.74) is -2.63. The second-order valence-electron chi connectivity index (χ2n) is 5.46. The van der Waals surface area contributed by atoms with Gasteiger partial charge in [-0.05, 0) is 30.7 Å². The molecule has 0 heterocycles. The number of nitro groups is 2. The van der Waals surface area contributed by atoms with Crippen LogP contribution in [0.15, 0.2) is 36.4 Å². The van der Waals surface area contributed by atoms with Crippen molar-refractivity contribution in [2.24, 2.45) is 0 Å². The molecule has 8 nitrogen and oxygen atoms in total. The van der Waals surface area contributed by atoms with E-state index >= 15 is 0 Å². The number of carbonyl (C=O) groups excluding carboxylic acids is 1. The summed E-state index contributed by atoms with van der Waals surface area (Å²) >= 11 is 12.1. The molecule has 0 aromatic heterocycles. The van der Waals surface area contributed by atoms with Crippen LogP contribution in [0.25, 0.3) is 0 Å². The average molecular weight is 399 g/mol. The van der Waals surface area contributed by atoms with E-state index in [2.05, 4.69) is 0 Å².